The van der Waals surface area contributed by atoms with Crippen LogP contribution in [0.2, 0.25) is 0 Å². The number of hydrogen-bond donors (Lipinski definition) is 1. The van der Waals surface area contributed by atoms with Gasteiger partial charge in [0.2, 0.25) is 15.9 Å². The second-order valence-corrected chi connectivity index (χ2v) is 10.1. The second-order valence-electron chi connectivity index (χ2n) is 8.18. The molecule has 1 atom stereocenters. The zero-order valence-corrected chi connectivity index (χ0v) is 22.4. The first-order valence-corrected chi connectivity index (χ1v) is 12.9. The molecule has 0 aromatic heterocycles. The van der Waals surface area contributed by atoms with Gasteiger partial charge in [0.25, 0.3) is 0 Å². The van der Waals surface area contributed by atoms with Gasteiger partial charge < -0.3 is 24.3 Å². The van der Waals surface area contributed by atoms with Gasteiger partial charge in [-0.2, -0.15) is 4.31 Å². The molecule has 0 aliphatic heterocycles. The van der Waals surface area contributed by atoms with Crippen molar-refractivity contribution in [3.8, 4) is 23.0 Å². The number of benzene rings is 3. The van der Waals surface area contributed by atoms with Crippen molar-refractivity contribution in [2.75, 3.05) is 35.0 Å². The van der Waals surface area contributed by atoms with Crippen molar-refractivity contribution < 1.29 is 32.2 Å². The number of nitrogens with zero attached hydrogens (tertiary/aromatic N) is 1. The number of carbonyl (C=O) groups excluding carboxylic acids is 1. The van der Waals surface area contributed by atoms with Gasteiger partial charge in [0, 0.05) is 12.6 Å². The maximum Gasteiger partial charge on any atom is 0.243 e. The molecule has 198 valence electrons. The Balaban J connectivity index is 1.87. The van der Waals surface area contributed by atoms with E-state index in [1.807, 2.05) is 31.2 Å². The molecular weight excluding hydrogens is 496 g/mol. The fourth-order valence-corrected chi connectivity index (χ4v) is 5.19. The lowest BCUT2D eigenvalue weighted by Gasteiger charge is -2.24. The third-order valence-electron chi connectivity index (χ3n) is 5.80. The molecule has 3 rings (SSSR count). The number of sulfonamides is 1. The van der Waals surface area contributed by atoms with Crippen LogP contribution in [-0.2, 0) is 21.4 Å². The van der Waals surface area contributed by atoms with Gasteiger partial charge in [-0.3, -0.25) is 4.79 Å². The number of methoxy groups -OCH3 is 4. The highest BCUT2D eigenvalue weighted by atomic mass is 32.2. The van der Waals surface area contributed by atoms with Crippen LogP contribution < -0.4 is 24.3 Å². The number of rotatable bonds is 12. The van der Waals surface area contributed by atoms with Gasteiger partial charge in [0.05, 0.1) is 45.9 Å². The molecule has 37 heavy (non-hydrogen) atoms. The minimum absolute atomic E-state index is 0.00960. The molecule has 0 radical (unpaired) electrons. The topological polar surface area (TPSA) is 103 Å². The maximum atomic E-state index is 13.7. The predicted octanol–water partition coefficient (Wildman–Crippen LogP) is 3.79. The van der Waals surface area contributed by atoms with Crippen LogP contribution in [-0.4, -0.2) is 53.6 Å². The highest BCUT2D eigenvalue weighted by Crippen LogP contribution is 2.32. The van der Waals surface area contributed by atoms with E-state index in [-0.39, 0.29) is 23.7 Å². The van der Waals surface area contributed by atoms with Crippen LogP contribution in [0.3, 0.4) is 0 Å². The van der Waals surface area contributed by atoms with Gasteiger partial charge in [-0.05, 0) is 42.3 Å². The van der Waals surface area contributed by atoms with Crippen molar-refractivity contribution in [2.45, 2.75) is 24.4 Å². The molecule has 3 aromatic rings. The number of carbonyl (C=O) groups is 1. The van der Waals surface area contributed by atoms with E-state index in [4.69, 9.17) is 18.9 Å². The molecule has 0 saturated carbocycles. The fraction of sp³-hybridized carbons (Fsp3) is 0.296. The predicted molar refractivity (Wildman–Crippen MR) is 140 cm³/mol. The van der Waals surface area contributed by atoms with E-state index in [1.165, 1.54) is 39.5 Å². The standard InChI is InChI=1S/C27H32N2O7S/c1-19(21-11-13-23(33-2)25(15-21)35-4)28-27(30)18-29(17-20-9-7-6-8-10-20)37(31,32)22-12-14-24(34-3)26(16-22)36-5/h6-16,19H,17-18H2,1-5H3,(H,28,30)/t19-/m0/s1. The Kier molecular flexibility index (Phi) is 9.37. The van der Waals surface area contributed by atoms with Crippen molar-refractivity contribution in [3.05, 3.63) is 77.9 Å². The molecule has 0 saturated heterocycles. The highest BCUT2D eigenvalue weighted by Gasteiger charge is 2.28. The van der Waals surface area contributed by atoms with E-state index in [1.54, 1.807) is 31.4 Å². The van der Waals surface area contributed by atoms with E-state index in [0.29, 0.717) is 17.2 Å². The summed E-state index contributed by atoms with van der Waals surface area (Å²) in [6, 6.07) is 18.3. The van der Waals surface area contributed by atoms with Crippen LogP contribution in [0.25, 0.3) is 0 Å². The minimum atomic E-state index is -4.07. The van der Waals surface area contributed by atoms with Gasteiger partial charge in [-0.1, -0.05) is 36.4 Å². The van der Waals surface area contributed by atoms with Crippen LogP contribution in [0, 0.1) is 0 Å². The summed E-state index contributed by atoms with van der Waals surface area (Å²) in [5.41, 5.74) is 1.52. The Labute approximate surface area is 218 Å². The molecule has 0 spiro atoms. The van der Waals surface area contributed by atoms with Gasteiger partial charge in [-0.25, -0.2) is 8.42 Å². The molecule has 9 nitrogen and oxygen atoms in total. The average Bonchev–Trinajstić information content (AvgIpc) is 2.92. The van der Waals surface area contributed by atoms with Crippen LogP contribution in [0.1, 0.15) is 24.1 Å². The lowest BCUT2D eigenvalue weighted by atomic mass is 10.1. The summed E-state index contributed by atoms with van der Waals surface area (Å²) in [6.07, 6.45) is 0. The van der Waals surface area contributed by atoms with Gasteiger partial charge in [-0.15, -0.1) is 0 Å². The molecular formula is C27H32N2O7S. The summed E-state index contributed by atoms with van der Waals surface area (Å²) in [6.45, 7) is 1.43. The first kappa shape index (κ1) is 27.8. The lowest BCUT2D eigenvalue weighted by molar-refractivity contribution is -0.122. The van der Waals surface area contributed by atoms with Crippen LogP contribution in [0.5, 0.6) is 23.0 Å². The van der Waals surface area contributed by atoms with Crippen molar-refractivity contribution >= 4 is 15.9 Å². The highest BCUT2D eigenvalue weighted by molar-refractivity contribution is 7.89. The summed E-state index contributed by atoms with van der Waals surface area (Å²) in [7, 11) is 1.91. The molecule has 1 N–H and O–H groups in total. The van der Waals surface area contributed by atoms with Crippen LogP contribution in [0.15, 0.2) is 71.6 Å². The Morgan fingerprint density at radius 2 is 1.38 bits per heavy atom. The summed E-state index contributed by atoms with van der Waals surface area (Å²) >= 11 is 0. The summed E-state index contributed by atoms with van der Waals surface area (Å²) in [4.78, 5) is 13.1. The van der Waals surface area contributed by atoms with E-state index >= 15 is 0 Å². The van der Waals surface area contributed by atoms with E-state index < -0.39 is 22.0 Å². The fourth-order valence-electron chi connectivity index (χ4n) is 3.79. The first-order chi connectivity index (χ1) is 17.7. The molecule has 0 heterocycles. The van der Waals surface area contributed by atoms with Crippen molar-refractivity contribution in [1.82, 2.24) is 9.62 Å². The Hall–Kier alpha value is -3.76. The lowest BCUT2D eigenvalue weighted by Crippen LogP contribution is -2.41. The van der Waals surface area contributed by atoms with Gasteiger partial charge in [0.1, 0.15) is 0 Å². The molecule has 0 unspecified atom stereocenters. The molecule has 3 aromatic carbocycles. The van der Waals surface area contributed by atoms with Crippen LogP contribution >= 0.6 is 0 Å². The van der Waals surface area contributed by atoms with Crippen molar-refractivity contribution in [1.29, 1.82) is 0 Å². The second kappa shape index (κ2) is 12.5. The molecule has 10 heteroatoms. The third-order valence-corrected chi connectivity index (χ3v) is 7.59. The van der Waals surface area contributed by atoms with E-state index in [9.17, 15) is 13.2 Å². The minimum Gasteiger partial charge on any atom is -0.493 e. The van der Waals surface area contributed by atoms with Crippen molar-refractivity contribution in [3.63, 3.8) is 0 Å². The summed E-state index contributed by atoms with van der Waals surface area (Å²) < 4.78 is 49.6. The van der Waals surface area contributed by atoms with E-state index in [0.717, 1.165) is 15.4 Å². The summed E-state index contributed by atoms with van der Waals surface area (Å²) in [5, 5.41) is 2.88. The molecule has 0 aliphatic carbocycles. The third kappa shape index (κ3) is 6.72. The SMILES string of the molecule is COc1ccc([C@H](C)NC(=O)CN(Cc2ccccc2)S(=O)(=O)c2ccc(OC)c(OC)c2)cc1OC. The smallest absolute Gasteiger partial charge is 0.243 e. The quantitative estimate of drug-likeness (QED) is 0.382. The number of ether oxygens (including phenoxy) is 4. The van der Waals surface area contributed by atoms with Crippen molar-refractivity contribution in [2.24, 2.45) is 0 Å². The Morgan fingerprint density at radius 3 is 1.97 bits per heavy atom. The molecule has 0 aliphatic rings. The number of nitrogens with one attached hydrogen (secondary N) is 1. The zero-order valence-electron chi connectivity index (χ0n) is 21.6. The van der Waals surface area contributed by atoms with Gasteiger partial charge in [0.15, 0.2) is 23.0 Å². The molecule has 1 amide bonds. The first-order valence-electron chi connectivity index (χ1n) is 11.5. The largest absolute Gasteiger partial charge is 0.493 e. The normalized spacial score (nSPS) is 12.1. The Morgan fingerprint density at radius 1 is 0.811 bits per heavy atom. The zero-order chi connectivity index (χ0) is 27.0. The van der Waals surface area contributed by atoms with E-state index in [2.05, 4.69) is 5.32 Å². The van der Waals surface area contributed by atoms with Gasteiger partial charge >= 0.3 is 0 Å². The monoisotopic (exact) mass is 528 g/mol. The number of hydrogen-bond acceptors (Lipinski definition) is 7. The van der Waals surface area contributed by atoms with Crippen LogP contribution in [0.4, 0.5) is 0 Å². The maximum absolute atomic E-state index is 13.7. The molecule has 0 bridgehead atoms. The molecule has 0 fully saturated rings. The average molecular weight is 529 g/mol. The Bertz CT molecular complexity index is 1310. The number of amides is 1. The summed E-state index contributed by atoms with van der Waals surface area (Å²) in [5.74, 6) is 1.32.